The number of imide groups is 1. The predicted molar refractivity (Wildman–Crippen MR) is 86.3 cm³/mol. The van der Waals surface area contributed by atoms with Gasteiger partial charge in [0.2, 0.25) is 0 Å². The number of carbonyl (C=O) groups excluding carboxylic acids is 2. The van der Waals surface area contributed by atoms with Gasteiger partial charge in [0.05, 0.1) is 21.8 Å². The van der Waals surface area contributed by atoms with Crippen LogP contribution in [0, 0.1) is 10.1 Å². The molecule has 0 bridgehead atoms. The second-order valence-electron chi connectivity index (χ2n) is 5.40. The summed E-state index contributed by atoms with van der Waals surface area (Å²) in [7, 11) is -4.14. The van der Waals surface area contributed by atoms with Crippen molar-refractivity contribution in [1.82, 2.24) is 5.06 Å². The molecule has 1 aliphatic heterocycles. The summed E-state index contributed by atoms with van der Waals surface area (Å²) < 4.78 is 28.4. The van der Waals surface area contributed by atoms with Crippen LogP contribution in [0.4, 0.5) is 5.69 Å². The summed E-state index contributed by atoms with van der Waals surface area (Å²) in [5, 5.41) is 11.8. The first-order valence-corrected chi connectivity index (χ1v) is 8.85. The van der Waals surface area contributed by atoms with E-state index in [1.165, 1.54) is 24.3 Å². The van der Waals surface area contributed by atoms with Crippen LogP contribution in [0.15, 0.2) is 30.3 Å². The summed E-state index contributed by atoms with van der Waals surface area (Å²) in [6.07, 6.45) is 0.232. The van der Waals surface area contributed by atoms with Crippen LogP contribution in [0.2, 0.25) is 0 Å². The van der Waals surface area contributed by atoms with Crippen LogP contribution in [0.25, 0.3) is 10.8 Å². The Balaban J connectivity index is 2.19. The molecular weight excluding hydrogens is 352 g/mol. The van der Waals surface area contributed by atoms with Crippen molar-refractivity contribution in [2.24, 2.45) is 0 Å². The van der Waals surface area contributed by atoms with Gasteiger partial charge in [-0.25, -0.2) is 0 Å². The fourth-order valence-electron chi connectivity index (χ4n) is 2.64. The molecule has 2 amide bonds. The van der Waals surface area contributed by atoms with E-state index in [0.717, 1.165) is 6.07 Å². The van der Waals surface area contributed by atoms with Gasteiger partial charge < -0.3 is 0 Å². The number of rotatable bonds is 5. The fourth-order valence-corrected chi connectivity index (χ4v) is 3.58. The molecule has 0 saturated carbocycles. The van der Waals surface area contributed by atoms with E-state index in [1.807, 2.05) is 0 Å². The Morgan fingerprint density at radius 3 is 2.48 bits per heavy atom. The largest absolute Gasteiger partial charge is 0.288 e. The van der Waals surface area contributed by atoms with E-state index in [2.05, 4.69) is 4.28 Å². The normalized spacial score (nSPS) is 14.2. The number of benzene rings is 2. The summed E-state index contributed by atoms with van der Waals surface area (Å²) in [5.74, 6) is -2.37. The Morgan fingerprint density at radius 1 is 1.16 bits per heavy atom. The Labute approximate surface area is 142 Å². The molecule has 0 radical (unpaired) electrons. The highest BCUT2D eigenvalue weighted by molar-refractivity contribution is 7.86. The van der Waals surface area contributed by atoms with Gasteiger partial charge in [0.15, 0.2) is 0 Å². The van der Waals surface area contributed by atoms with E-state index >= 15 is 0 Å². The van der Waals surface area contributed by atoms with Gasteiger partial charge in [0.25, 0.3) is 27.6 Å². The minimum atomic E-state index is -4.14. The van der Waals surface area contributed by atoms with Crippen LogP contribution in [0.5, 0.6) is 0 Å². The molecule has 0 unspecified atom stereocenters. The van der Waals surface area contributed by atoms with Crippen LogP contribution in [0.3, 0.4) is 0 Å². The van der Waals surface area contributed by atoms with Crippen molar-refractivity contribution in [3.8, 4) is 0 Å². The van der Waals surface area contributed by atoms with Gasteiger partial charge in [-0.15, -0.1) is 9.35 Å². The molecule has 0 aromatic heterocycles. The maximum absolute atomic E-state index is 12.6. The monoisotopic (exact) mass is 364 g/mol. The second kappa shape index (κ2) is 5.90. The number of nitrogens with zero attached hydrogens (tertiary/aromatic N) is 2. The van der Waals surface area contributed by atoms with Crippen LogP contribution >= 0.6 is 0 Å². The third kappa shape index (κ3) is 2.85. The quantitative estimate of drug-likeness (QED) is 0.451. The molecule has 0 saturated heterocycles. The highest BCUT2D eigenvalue weighted by Gasteiger charge is 2.38. The Hall–Kier alpha value is -2.85. The van der Waals surface area contributed by atoms with E-state index in [9.17, 15) is 28.1 Å². The Kier molecular flexibility index (Phi) is 4.01. The molecular formula is C15H12N2O7S. The summed E-state index contributed by atoms with van der Waals surface area (Å²) in [5.41, 5.74) is -0.474. The molecule has 10 heteroatoms. The van der Waals surface area contributed by atoms with E-state index in [0.29, 0.717) is 5.39 Å². The Bertz CT molecular complexity index is 1030. The van der Waals surface area contributed by atoms with Crippen LogP contribution < -0.4 is 0 Å². The third-order valence-corrected chi connectivity index (χ3v) is 4.93. The van der Waals surface area contributed by atoms with Crippen molar-refractivity contribution >= 4 is 38.4 Å². The number of nitro benzene ring substituents is 1. The van der Waals surface area contributed by atoms with Gasteiger partial charge in [-0.2, -0.15) is 8.42 Å². The lowest BCUT2D eigenvalue weighted by Crippen LogP contribution is -2.42. The van der Waals surface area contributed by atoms with Gasteiger partial charge in [-0.05, 0) is 17.9 Å². The number of carbonyl (C=O) groups is 2. The lowest BCUT2D eigenvalue weighted by atomic mass is 9.94. The van der Waals surface area contributed by atoms with Crippen molar-refractivity contribution in [1.29, 1.82) is 0 Å². The van der Waals surface area contributed by atoms with Gasteiger partial charge in [-0.1, -0.05) is 19.1 Å². The number of hydrogen-bond acceptors (Lipinski definition) is 7. The highest BCUT2D eigenvalue weighted by Crippen LogP contribution is 2.33. The highest BCUT2D eigenvalue weighted by atomic mass is 32.2. The molecule has 2 aromatic rings. The smallest absolute Gasteiger partial charge is 0.266 e. The number of hydrogen-bond donors (Lipinski definition) is 0. The SMILES string of the molecule is CCCS(=O)(=O)ON1C(=O)c2cccc3cc([N+](=O)[O-])cc(c23)C1=O. The first kappa shape index (κ1) is 17.0. The van der Waals surface area contributed by atoms with Gasteiger partial charge in [0.1, 0.15) is 0 Å². The van der Waals surface area contributed by atoms with Gasteiger partial charge >= 0.3 is 0 Å². The number of hydroxylamine groups is 2. The van der Waals surface area contributed by atoms with Crippen molar-refractivity contribution in [2.45, 2.75) is 13.3 Å². The molecule has 2 aromatic carbocycles. The molecule has 130 valence electrons. The van der Waals surface area contributed by atoms with Crippen LogP contribution in [0.1, 0.15) is 34.1 Å². The molecule has 25 heavy (non-hydrogen) atoms. The number of amides is 2. The van der Waals surface area contributed by atoms with Crippen molar-refractivity contribution < 1.29 is 27.2 Å². The predicted octanol–water partition coefficient (Wildman–Crippen LogP) is 2.02. The lowest BCUT2D eigenvalue weighted by Gasteiger charge is -2.25. The van der Waals surface area contributed by atoms with E-state index in [-0.39, 0.29) is 39.4 Å². The number of non-ortho nitro benzene ring substituents is 1. The van der Waals surface area contributed by atoms with Crippen molar-refractivity contribution in [3.63, 3.8) is 0 Å². The molecule has 0 N–H and O–H groups in total. The zero-order valence-electron chi connectivity index (χ0n) is 13.0. The summed E-state index contributed by atoms with van der Waals surface area (Å²) >= 11 is 0. The van der Waals surface area contributed by atoms with Crippen LogP contribution in [-0.2, 0) is 14.4 Å². The molecule has 1 heterocycles. The van der Waals surface area contributed by atoms with Crippen LogP contribution in [-0.4, -0.2) is 36.0 Å². The van der Waals surface area contributed by atoms with Gasteiger partial charge in [0, 0.05) is 17.5 Å². The van der Waals surface area contributed by atoms with Crippen molar-refractivity contribution in [2.75, 3.05) is 5.75 Å². The molecule has 1 aliphatic rings. The number of nitro groups is 1. The second-order valence-corrected chi connectivity index (χ2v) is 7.07. The zero-order chi connectivity index (χ0) is 18.4. The molecule has 3 rings (SSSR count). The third-order valence-electron chi connectivity index (χ3n) is 3.64. The molecule has 0 fully saturated rings. The average Bonchev–Trinajstić information content (AvgIpc) is 2.55. The Morgan fingerprint density at radius 2 is 1.84 bits per heavy atom. The van der Waals surface area contributed by atoms with E-state index in [1.54, 1.807) is 6.92 Å². The average molecular weight is 364 g/mol. The summed E-state index contributed by atoms with van der Waals surface area (Å²) in [6.45, 7) is 1.60. The topological polar surface area (TPSA) is 124 Å². The van der Waals surface area contributed by atoms with E-state index < -0.39 is 26.9 Å². The molecule has 0 aliphatic carbocycles. The summed E-state index contributed by atoms with van der Waals surface area (Å²) in [4.78, 5) is 35.5. The lowest BCUT2D eigenvalue weighted by molar-refractivity contribution is -0.384. The van der Waals surface area contributed by atoms with Crippen molar-refractivity contribution in [3.05, 3.63) is 51.6 Å². The van der Waals surface area contributed by atoms with E-state index in [4.69, 9.17) is 0 Å². The fraction of sp³-hybridized carbons (Fsp3) is 0.200. The first-order chi connectivity index (χ1) is 11.7. The molecule has 0 spiro atoms. The maximum atomic E-state index is 12.6. The molecule has 9 nitrogen and oxygen atoms in total. The molecule has 0 atom stereocenters. The van der Waals surface area contributed by atoms with Gasteiger partial charge in [-0.3, -0.25) is 19.7 Å². The minimum absolute atomic E-state index is 0.0358. The standard InChI is InChI=1S/C15H12N2O7S/c1-2-6-25(22,23)24-16-14(18)11-5-3-4-9-7-10(17(20)21)8-12(13(9)11)15(16)19/h3-5,7-8H,2,6H2,1H3. The first-order valence-electron chi connectivity index (χ1n) is 7.27. The minimum Gasteiger partial charge on any atom is -0.266 e. The summed E-state index contributed by atoms with van der Waals surface area (Å²) in [6, 6.07) is 6.66. The maximum Gasteiger partial charge on any atom is 0.288 e. The zero-order valence-corrected chi connectivity index (χ0v) is 13.8.